The van der Waals surface area contributed by atoms with E-state index < -0.39 is 0 Å². The number of nitrogens with zero attached hydrogens (tertiary/aromatic N) is 2. The third-order valence-electron chi connectivity index (χ3n) is 2.20. The van der Waals surface area contributed by atoms with Gasteiger partial charge in [-0.25, -0.2) is 0 Å². The van der Waals surface area contributed by atoms with Gasteiger partial charge in [0.15, 0.2) is 0 Å². The zero-order valence-corrected chi connectivity index (χ0v) is 8.16. The number of hydrogen-bond acceptors (Lipinski definition) is 2. The first kappa shape index (κ1) is 9.99. The highest BCUT2D eigenvalue weighted by Crippen LogP contribution is 2.07. The van der Waals surface area contributed by atoms with Gasteiger partial charge in [0.25, 0.3) is 0 Å². The van der Waals surface area contributed by atoms with E-state index in [-0.39, 0.29) is 0 Å². The van der Waals surface area contributed by atoms with Crippen molar-refractivity contribution in [2.45, 2.75) is 32.9 Å². The lowest BCUT2D eigenvalue weighted by Gasteiger charge is -2.03. The van der Waals surface area contributed by atoms with Crippen molar-refractivity contribution in [2.75, 3.05) is 0 Å². The van der Waals surface area contributed by atoms with Gasteiger partial charge in [0.1, 0.15) is 0 Å². The van der Waals surface area contributed by atoms with Crippen LogP contribution in [0.4, 0.5) is 0 Å². The standard InChI is InChI=1S/C10H17N3/c1-3-4-5-6-13-9(2)10(7-11)8-12-13/h3,8H,1,4-7,11H2,2H3. The molecule has 0 amide bonds. The fourth-order valence-corrected chi connectivity index (χ4v) is 1.30. The van der Waals surface area contributed by atoms with Crippen LogP contribution in [-0.2, 0) is 13.1 Å². The molecule has 0 aliphatic carbocycles. The molecule has 0 saturated heterocycles. The van der Waals surface area contributed by atoms with E-state index in [2.05, 4.69) is 18.6 Å². The largest absolute Gasteiger partial charge is 0.326 e. The summed E-state index contributed by atoms with van der Waals surface area (Å²) in [6.07, 6.45) is 5.92. The molecule has 0 saturated carbocycles. The van der Waals surface area contributed by atoms with Gasteiger partial charge in [0.2, 0.25) is 0 Å². The lowest BCUT2D eigenvalue weighted by atomic mass is 10.2. The Bertz CT molecular complexity index is 276. The van der Waals surface area contributed by atoms with Crippen LogP contribution in [0.1, 0.15) is 24.1 Å². The monoisotopic (exact) mass is 179 g/mol. The fraction of sp³-hybridized carbons (Fsp3) is 0.500. The Balaban J connectivity index is 2.56. The van der Waals surface area contributed by atoms with Crippen LogP contribution in [0.25, 0.3) is 0 Å². The maximum absolute atomic E-state index is 5.55. The van der Waals surface area contributed by atoms with Gasteiger partial charge >= 0.3 is 0 Å². The van der Waals surface area contributed by atoms with Gasteiger partial charge in [-0.3, -0.25) is 4.68 Å². The smallest absolute Gasteiger partial charge is 0.0537 e. The van der Waals surface area contributed by atoms with Crippen molar-refractivity contribution in [3.05, 3.63) is 30.1 Å². The van der Waals surface area contributed by atoms with Crippen molar-refractivity contribution in [3.63, 3.8) is 0 Å². The Kier molecular flexibility index (Phi) is 3.71. The zero-order chi connectivity index (χ0) is 9.68. The maximum Gasteiger partial charge on any atom is 0.0537 e. The van der Waals surface area contributed by atoms with Gasteiger partial charge in [-0.05, 0) is 19.8 Å². The number of hydrogen-bond donors (Lipinski definition) is 1. The summed E-state index contributed by atoms with van der Waals surface area (Å²) in [4.78, 5) is 0. The van der Waals surface area contributed by atoms with Crippen LogP contribution in [0.5, 0.6) is 0 Å². The summed E-state index contributed by atoms with van der Waals surface area (Å²) < 4.78 is 2.01. The van der Waals surface area contributed by atoms with Crippen LogP contribution in [0, 0.1) is 6.92 Å². The molecule has 1 aromatic heterocycles. The second-order valence-electron chi connectivity index (χ2n) is 3.11. The van der Waals surface area contributed by atoms with E-state index in [0.29, 0.717) is 6.54 Å². The molecule has 0 radical (unpaired) electrons. The van der Waals surface area contributed by atoms with E-state index in [0.717, 1.165) is 24.9 Å². The minimum atomic E-state index is 0.577. The molecule has 0 unspecified atom stereocenters. The van der Waals surface area contributed by atoms with Crippen LogP contribution in [0.3, 0.4) is 0 Å². The van der Waals surface area contributed by atoms with E-state index in [4.69, 9.17) is 5.73 Å². The van der Waals surface area contributed by atoms with Gasteiger partial charge in [-0.2, -0.15) is 5.10 Å². The van der Waals surface area contributed by atoms with E-state index in [1.54, 1.807) is 0 Å². The van der Waals surface area contributed by atoms with Crippen molar-refractivity contribution in [1.82, 2.24) is 9.78 Å². The highest BCUT2D eigenvalue weighted by Gasteiger charge is 2.02. The number of nitrogens with two attached hydrogens (primary N) is 1. The molecular weight excluding hydrogens is 162 g/mol. The molecule has 1 rings (SSSR count). The van der Waals surface area contributed by atoms with Crippen LogP contribution >= 0.6 is 0 Å². The van der Waals surface area contributed by atoms with Crippen LogP contribution in [0.2, 0.25) is 0 Å². The second kappa shape index (κ2) is 4.82. The highest BCUT2D eigenvalue weighted by atomic mass is 15.3. The van der Waals surface area contributed by atoms with E-state index in [1.165, 1.54) is 5.69 Å². The molecule has 0 aromatic carbocycles. The molecule has 1 aromatic rings. The molecule has 0 fully saturated rings. The zero-order valence-electron chi connectivity index (χ0n) is 8.16. The Morgan fingerprint density at radius 2 is 2.46 bits per heavy atom. The molecule has 1 heterocycles. The van der Waals surface area contributed by atoms with Gasteiger partial charge in [0.05, 0.1) is 6.20 Å². The summed E-state index contributed by atoms with van der Waals surface area (Å²) in [5.74, 6) is 0. The number of aromatic nitrogens is 2. The summed E-state index contributed by atoms with van der Waals surface area (Å²) >= 11 is 0. The van der Waals surface area contributed by atoms with Crippen molar-refractivity contribution < 1.29 is 0 Å². The van der Waals surface area contributed by atoms with Crippen molar-refractivity contribution in [3.8, 4) is 0 Å². The predicted octanol–water partition coefficient (Wildman–Crippen LogP) is 1.62. The molecule has 3 nitrogen and oxygen atoms in total. The van der Waals surface area contributed by atoms with E-state index in [1.807, 2.05) is 17.0 Å². The Hall–Kier alpha value is -1.09. The molecule has 0 aliphatic heterocycles. The SMILES string of the molecule is C=CCCCn1ncc(CN)c1C. The minimum absolute atomic E-state index is 0.577. The second-order valence-corrected chi connectivity index (χ2v) is 3.11. The number of aryl methyl sites for hydroxylation is 1. The minimum Gasteiger partial charge on any atom is -0.326 e. The summed E-state index contributed by atoms with van der Waals surface area (Å²) in [5.41, 5.74) is 7.87. The molecule has 72 valence electrons. The first-order chi connectivity index (χ1) is 6.29. The maximum atomic E-state index is 5.55. The average Bonchev–Trinajstić information content (AvgIpc) is 2.48. The summed E-state index contributed by atoms with van der Waals surface area (Å²) in [7, 11) is 0. The summed E-state index contributed by atoms with van der Waals surface area (Å²) in [5, 5.41) is 4.26. The molecule has 0 bridgehead atoms. The van der Waals surface area contributed by atoms with E-state index in [9.17, 15) is 0 Å². The van der Waals surface area contributed by atoms with E-state index >= 15 is 0 Å². The number of rotatable bonds is 5. The Labute approximate surface area is 79.2 Å². The lowest BCUT2D eigenvalue weighted by molar-refractivity contribution is 0.569. The first-order valence-electron chi connectivity index (χ1n) is 4.62. The Morgan fingerprint density at radius 1 is 1.69 bits per heavy atom. The van der Waals surface area contributed by atoms with Gasteiger partial charge in [0, 0.05) is 24.3 Å². The third kappa shape index (κ3) is 2.42. The molecule has 13 heavy (non-hydrogen) atoms. The molecule has 0 aliphatic rings. The van der Waals surface area contributed by atoms with Crippen molar-refractivity contribution >= 4 is 0 Å². The highest BCUT2D eigenvalue weighted by molar-refractivity contribution is 5.15. The van der Waals surface area contributed by atoms with Crippen molar-refractivity contribution in [2.24, 2.45) is 5.73 Å². The molecule has 0 atom stereocenters. The van der Waals surface area contributed by atoms with Gasteiger partial charge in [-0.1, -0.05) is 6.08 Å². The van der Waals surface area contributed by atoms with Crippen LogP contribution < -0.4 is 5.73 Å². The molecule has 0 spiro atoms. The quantitative estimate of drug-likeness (QED) is 0.551. The van der Waals surface area contributed by atoms with Gasteiger partial charge < -0.3 is 5.73 Å². The van der Waals surface area contributed by atoms with Gasteiger partial charge in [-0.15, -0.1) is 6.58 Å². The third-order valence-corrected chi connectivity index (χ3v) is 2.20. The van der Waals surface area contributed by atoms with Crippen molar-refractivity contribution in [1.29, 1.82) is 0 Å². The molecule has 2 N–H and O–H groups in total. The number of allylic oxidation sites excluding steroid dienone is 1. The predicted molar refractivity (Wildman–Crippen MR) is 54.3 cm³/mol. The molecular formula is C10H17N3. The normalized spacial score (nSPS) is 10.3. The Morgan fingerprint density at radius 3 is 3.00 bits per heavy atom. The molecule has 3 heteroatoms. The lowest BCUT2D eigenvalue weighted by Crippen LogP contribution is -2.04. The van der Waals surface area contributed by atoms with Crippen LogP contribution in [0.15, 0.2) is 18.9 Å². The van der Waals surface area contributed by atoms with Crippen LogP contribution in [-0.4, -0.2) is 9.78 Å². The summed E-state index contributed by atoms with van der Waals surface area (Å²) in [6.45, 7) is 7.28. The average molecular weight is 179 g/mol. The topological polar surface area (TPSA) is 43.8 Å². The fourth-order valence-electron chi connectivity index (χ4n) is 1.30. The summed E-state index contributed by atoms with van der Waals surface area (Å²) in [6, 6.07) is 0. The number of unbranched alkanes of at least 4 members (excludes halogenated alkanes) is 1. The first-order valence-corrected chi connectivity index (χ1v) is 4.62.